The first-order valence-electron chi connectivity index (χ1n) is 3.55. The quantitative estimate of drug-likeness (QED) is 0.652. The molecule has 0 unspecified atom stereocenters. The molecular weight excluding hydrogens is 140 g/mol. The summed E-state index contributed by atoms with van der Waals surface area (Å²) in [6.45, 7) is 0.729. The topological polar surface area (TPSA) is 34.0 Å². The molecule has 1 heterocycles. The standard InChI is InChI=1S/C8H12N2O/c1-9-6-7-4-3-5-8(11)10(7)2/h3-5,9H,6H2,1-2H3. The number of hydrogen-bond donors (Lipinski definition) is 1. The Labute approximate surface area is 65.7 Å². The molecular formula is C8H12N2O. The minimum absolute atomic E-state index is 0.0396. The van der Waals surface area contributed by atoms with Gasteiger partial charge in [0.05, 0.1) is 0 Å². The third-order valence-corrected chi connectivity index (χ3v) is 1.65. The third-order valence-electron chi connectivity index (χ3n) is 1.65. The fraction of sp³-hybridized carbons (Fsp3) is 0.375. The van der Waals surface area contributed by atoms with Gasteiger partial charge < -0.3 is 9.88 Å². The summed E-state index contributed by atoms with van der Waals surface area (Å²) in [6, 6.07) is 5.26. The van der Waals surface area contributed by atoms with Crippen LogP contribution in [0.3, 0.4) is 0 Å². The molecule has 0 saturated heterocycles. The number of nitrogens with zero attached hydrogens (tertiary/aromatic N) is 1. The minimum Gasteiger partial charge on any atom is -0.314 e. The van der Waals surface area contributed by atoms with E-state index < -0.39 is 0 Å². The summed E-state index contributed by atoms with van der Waals surface area (Å²) in [5.41, 5.74) is 1.04. The molecule has 60 valence electrons. The van der Waals surface area contributed by atoms with Gasteiger partial charge in [0.2, 0.25) is 5.56 Å². The first kappa shape index (κ1) is 8.01. The molecule has 1 aromatic heterocycles. The van der Waals surface area contributed by atoms with E-state index in [1.807, 2.05) is 13.1 Å². The van der Waals surface area contributed by atoms with Crippen LogP contribution in [0, 0.1) is 0 Å². The van der Waals surface area contributed by atoms with Crippen molar-refractivity contribution in [3.8, 4) is 0 Å². The molecule has 11 heavy (non-hydrogen) atoms. The maximum absolute atomic E-state index is 11.0. The Morgan fingerprint density at radius 1 is 1.55 bits per heavy atom. The fourth-order valence-electron chi connectivity index (χ4n) is 0.965. The Hall–Kier alpha value is -1.09. The van der Waals surface area contributed by atoms with Crippen molar-refractivity contribution < 1.29 is 0 Å². The second kappa shape index (κ2) is 3.34. The van der Waals surface area contributed by atoms with E-state index in [4.69, 9.17) is 0 Å². The van der Waals surface area contributed by atoms with Crippen molar-refractivity contribution >= 4 is 0 Å². The van der Waals surface area contributed by atoms with E-state index >= 15 is 0 Å². The molecule has 0 radical (unpaired) electrons. The summed E-state index contributed by atoms with van der Waals surface area (Å²) in [5, 5.41) is 2.99. The third kappa shape index (κ3) is 1.68. The predicted molar refractivity (Wildman–Crippen MR) is 44.4 cm³/mol. The van der Waals surface area contributed by atoms with Crippen LogP contribution in [0.4, 0.5) is 0 Å². The summed E-state index contributed by atoms with van der Waals surface area (Å²) >= 11 is 0. The van der Waals surface area contributed by atoms with E-state index in [1.165, 1.54) is 0 Å². The summed E-state index contributed by atoms with van der Waals surface area (Å²) < 4.78 is 1.64. The van der Waals surface area contributed by atoms with Gasteiger partial charge in [-0.2, -0.15) is 0 Å². The van der Waals surface area contributed by atoms with Gasteiger partial charge in [-0.25, -0.2) is 0 Å². The zero-order valence-corrected chi connectivity index (χ0v) is 6.79. The molecule has 0 bridgehead atoms. The zero-order chi connectivity index (χ0) is 8.27. The molecule has 0 aliphatic heterocycles. The van der Waals surface area contributed by atoms with E-state index in [0.717, 1.165) is 12.2 Å². The molecule has 0 spiro atoms. The number of aromatic nitrogens is 1. The van der Waals surface area contributed by atoms with E-state index in [-0.39, 0.29) is 5.56 Å². The lowest BCUT2D eigenvalue weighted by Crippen LogP contribution is -2.21. The number of rotatable bonds is 2. The van der Waals surface area contributed by atoms with Crippen LogP contribution in [0.15, 0.2) is 23.0 Å². The largest absolute Gasteiger partial charge is 0.314 e. The zero-order valence-electron chi connectivity index (χ0n) is 6.79. The molecule has 0 saturated carbocycles. The van der Waals surface area contributed by atoms with Crippen LogP contribution in [-0.2, 0) is 13.6 Å². The van der Waals surface area contributed by atoms with E-state index in [2.05, 4.69) is 5.32 Å². The van der Waals surface area contributed by atoms with Crippen LogP contribution in [0.1, 0.15) is 5.69 Å². The summed E-state index contributed by atoms with van der Waals surface area (Å²) in [4.78, 5) is 11.0. The van der Waals surface area contributed by atoms with E-state index in [0.29, 0.717) is 0 Å². The highest BCUT2D eigenvalue weighted by atomic mass is 16.1. The molecule has 0 atom stereocenters. The lowest BCUT2D eigenvalue weighted by Gasteiger charge is -2.05. The highest BCUT2D eigenvalue weighted by Gasteiger charge is 1.95. The first-order valence-corrected chi connectivity index (χ1v) is 3.55. The molecule has 1 aromatic rings. The number of hydrogen-bond acceptors (Lipinski definition) is 2. The summed E-state index contributed by atoms with van der Waals surface area (Å²) in [6.07, 6.45) is 0. The average Bonchev–Trinajstić information content (AvgIpc) is 1.99. The van der Waals surface area contributed by atoms with Crippen molar-refractivity contribution in [2.75, 3.05) is 7.05 Å². The van der Waals surface area contributed by atoms with Gasteiger partial charge in [0.1, 0.15) is 0 Å². The van der Waals surface area contributed by atoms with E-state index in [9.17, 15) is 4.79 Å². The van der Waals surface area contributed by atoms with E-state index in [1.54, 1.807) is 23.7 Å². The molecule has 0 fully saturated rings. The first-order chi connectivity index (χ1) is 5.25. The van der Waals surface area contributed by atoms with Crippen molar-refractivity contribution in [2.24, 2.45) is 7.05 Å². The van der Waals surface area contributed by atoms with Crippen LogP contribution in [0.2, 0.25) is 0 Å². The average molecular weight is 152 g/mol. The molecule has 3 nitrogen and oxygen atoms in total. The van der Waals surface area contributed by atoms with Crippen molar-refractivity contribution in [1.82, 2.24) is 9.88 Å². The molecule has 1 N–H and O–H groups in total. The lowest BCUT2D eigenvalue weighted by atomic mass is 10.3. The number of nitrogens with one attached hydrogen (secondary N) is 1. The normalized spacial score (nSPS) is 10.0. The Bertz CT molecular complexity index is 290. The highest BCUT2D eigenvalue weighted by Crippen LogP contribution is 1.91. The molecule has 3 heteroatoms. The molecule has 0 aliphatic carbocycles. The highest BCUT2D eigenvalue weighted by molar-refractivity contribution is 5.05. The smallest absolute Gasteiger partial charge is 0.250 e. The molecule has 0 aromatic carbocycles. The van der Waals surface area contributed by atoms with Crippen LogP contribution >= 0.6 is 0 Å². The van der Waals surface area contributed by atoms with Crippen LogP contribution < -0.4 is 10.9 Å². The molecule has 1 rings (SSSR count). The molecule has 0 aliphatic rings. The minimum atomic E-state index is 0.0396. The van der Waals surface area contributed by atoms with Gasteiger partial charge in [-0.05, 0) is 13.1 Å². The number of pyridine rings is 1. The second-order valence-electron chi connectivity index (χ2n) is 2.44. The monoisotopic (exact) mass is 152 g/mol. The Balaban J connectivity index is 3.06. The van der Waals surface area contributed by atoms with Gasteiger partial charge in [-0.3, -0.25) is 4.79 Å². The van der Waals surface area contributed by atoms with Gasteiger partial charge >= 0.3 is 0 Å². The van der Waals surface area contributed by atoms with Gasteiger partial charge in [0.25, 0.3) is 0 Å². The van der Waals surface area contributed by atoms with Crippen LogP contribution in [0.5, 0.6) is 0 Å². The van der Waals surface area contributed by atoms with Crippen molar-refractivity contribution in [2.45, 2.75) is 6.54 Å². The van der Waals surface area contributed by atoms with Crippen molar-refractivity contribution in [3.05, 3.63) is 34.2 Å². The van der Waals surface area contributed by atoms with Gasteiger partial charge in [0.15, 0.2) is 0 Å². The Morgan fingerprint density at radius 3 is 2.91 bits per heavy atom. The lowest BCUT2D eigenvalue weighted by molar-refractivity contribution is 0.706. The second-order valence-corrected chi connectivity index (χ2v) is 2.44. The Morgan fingerprint density at radius 2 is 2.27 bits per heavy atom. The fourth-order valence-corrected chi connectivity index (χ4v) is 0.965. The van der Waals surface area contributed by atoms with Gasteiger partial charge in [0, 0.05) is 25.4 Å². The maximum Gasteiger partial charge on any atom is 0.250 e. The van der Waals surface area contributed by atoms with Crippen LogP contribution in [-0.4, -0.2) is 11.6 Å². The SMILES string of the molecule is CNCc1cccc(=O)n1C. The van der Waals surface area contributed by atoms with Gasteiger partial charge in [-0.1, -0.05) is 6.07 Å². The molecule has 0 amide bonds. The van der Waals surface area contributed by atoms with Gasteiger partial charge in [-0.15, -0.1) is 0 Å². The predicted octanol–water partition coefficient (Wildman–Crippen LogP) is 0.105. The Kier molecular flexibility index (Phi) is 2.44. The maximum atomic E-state index is 11.0. The summed E-state index contributed by atoms with van der Waals surface area (Å²) in [7, 11) is 3.63. The van der Waals surface area contributed by atoms with Crippen molar-refractivity contribution in [3.63, 3.8) is 0 Å². The summed E-state index contributed by atoms with van der Waals surface area (Å²) in [5.74, 6) is 0. The van der Waals surface area contributed by atoms with Crippen molar-refractivity contribution in [1.29, 1.82) is 0 Å². The van der Waals surface area contributed by atoms with Crippen LogP contribution in [0.25, 0.3) is 0 Å².